The summed E-state index contributed by atoms with van der Waals surface area (Å²) in [6, 6.07) is 9.80. The van der Waals surface area contributed by atoms with E-state index in [1.54, 1.807) is 30.1 Å². The number of ketones is 2. The zero-order valence-corrected chi connectivity index (χ0v) is 58.5. The van der Waals surface area contributed by atoms with Crippen LogP contribution in [-0.2, 0) is 74.1 Å². The van der Waals surface area contributed by atoms with Crippen LogP contribution in [-0.4, -0.2) is 169 Å². The first-order valence-corrected chi connectivity index (χ1v) is 34.4. The van der Waals surface area contributed by atoms with E-state index in [-0.39, 0.29) is 93.1 Å². The Balaban J connectivity index is 0.000000163. The van der Waals surface area contributed by atoms with Gasteiger partial charge in [-0.05, 0) is 165 Å². The molecule has 4 aromatic rings. The van der Waals surface area contributed by atoms with Crippen molar-refractivity contribution in [2.45, 2.75) is 159 Å². The van der Waals surface area contributed by atoms with Crippen LogP contribution >= 0.6 is 46.4 Å². The topological polar surface area (TPSA) is 345 Å². The van der Waals surface area contributed by atoms with Gasteiger partial charge in [-0.2, -0.15) is 0 Å². The monoisotopic (exact) mass is 1450 g/mol. The molecule has 6 atom stereocenters. The Bertz CT molecular complexity index is 3870. The van der Waals surface area contributed by atoms with E-state index in [4.69, 9.17) is 55.9 Å². The van der Waals surface area contributed by atoms with E-state index in [0.29, 0.717) is 140 Å². The maximum Gasteiger partial charge on any atom is 0.293 e. The minimum atomic E-state index is -0.514. The third-order valence-corrected chi connectivity index (χ3v) is 21.8. The highest BCUT2D eigenvalue weighted by Gasteiger charge is 2.57. The number of halogens is 4. The van der Waals surface area contributed by atoms with Gasteiger partial charge in [0.25, 0.3) is 6.47 Å². The molecule has 11 N–H and O–H groups in total. The first-order valence-electron chi connectivity index (χ1n) is 32.9. The Morgan fingerprint density at radius 1 is 0.566 bits per heavy atom. The van der Waals surface area contributed by atoms with Crippen LogP contribution in [0.1, 0.15) is 131 Å². The molecule has 2 bridgehead atoms. The number of nitrogens with one attached hydrogen (secondary N) is 1. The molecule has 5 aliphatic carbocycles. The number of likely N-dealkylation sites (tertiary alicyclic amines) is 1. The highest BCUT2D eigenvalue weighted by molar-refractivity contribution is 6.32. The molecule has 1 saturated heterocycles. The number of allylic oxidation sites excluding steroid dienone is 4. The number of ether oxygens (including phenoxy) is 3. The molecule has 26 heteroatoms. The molecule has 0 aromatic heterocycles. The van der Waals surface area contributed by atoms with E-state index in [1.165, 1.54) is 58.7 Å². The summed E-state index contributed by atoms with van der Waals surface area (Å²) in [5.41, 5.74) is 10.8. The second-order valence-corrected chi connectivity index (χ2v) is 27.6. The number of aromatic hydroxyl groups is 8. The first kappa shape index (κ1) is 76.6. The van der Waals surface area contributed by atoms with Crippen LogP contribution in [0.25, 0.3) is 0 Å². The molecule has 99 heavy (non-hydrogen) atoms. The third kappa shape index (κ3) is 17.4. The summed E-state index contributed by atoms with van der Waals surface area (Å²) in [5.74, 6) is 0.899. The predicted molar refractivity (Wildman–Crippen MR) is 372 cm³/mol. The molecule has 4 heterocycles. The molecular formula is C73H86Cl4N4O18. The van der Waals surface area contributed by atoms with Gasteiger partial charge in [-0.3, -0.25) is 28.8 Å². The number of hydrogen-bond donors (Lipinski definition) is 9. The molecule has 4 aromatic carbocycles. The SMILES string of the molecule is CCCOC=O.COC1=CCC2=C(CCN(C=O)C2Cc2cc(O)c(O)cc2Cl)C1.COC1=CCC2=C(CCNC2Cc2cc(O)c(O)cc2Cl)C1.O.O=CN1CCC23CC(=O)CCC2C1Cc1c(Cl)cc(O)c(O)c13.O=CN1CCC2=C(CCC(=O)C2)C1Cc1cc(O)c(O)cc1Cl. The predicted octanol–water partition coefficient (Wildman–Crippen LogP) is 10.9. The smallest absolute Gasteiger partial charge is 0.293 e. The zero-order valence-electron chi connectivity index (χ0n) is 55.5. The van der Waals surface area contributed by atoms with E-state index in [2.05, 4.69) is 22.2 Å². The Morgan fingerprint density at radius 2 is 1.06 bits per heavy atom. The van der Waals surface area contributed by atoms with Gasteiger partial charge < -0.3 is 80.6 Å². The van der Waals surface area contributed by atoms with Crippen LogP contribution < -0.4 is 5.32 Å². The second kappa shape index (κ2) is 34.3. The van der Waals surface area contributed by atoms with Crippen LogP contribution in [0.15, 0.2) is 99.6 Å². The fraction of sp³-hybridized carbons (Fsp3) is 0.452. The van der Waals surface area contributed by atoms with Crippen molar-refractivity contribution in [3.05, 3.63) is 147 Å². The van der Waals surface area contributed by atoms with E-state index in [9.17, 15) is 69.6 Å². The lowest BCUT2D eigenvalue weighted by atomic mass is 9.52. The fourth-order valence-corrected chi connectivity index (χ4v) is 16.5. The van der Waals surface area contributed by atoms with Crippen LogP contribution in [0.5, 0.6) is 46.0 Å². The van der Waals surface area contributed by atoms with Crippen molar-refractivity contribution in [2.24, 2.45) is 5.92 Å². The van der Waals surface area contributed by atoms with Crippen LogP contribution in [0.4, 0.5) is 0 Å². The highest BCUT2D eigenvalue weighted by Crippen LogP contribution is 2.59. The van der Waals surface area contributed by atoms with Crippen molar-refractivity contribution in [1.29, 1.82) is 0 Å². The van der Waals surface area contributed by atoms with Gasteiger partial charge in [-0.1, -0.05) is 70.0 Å². The molecule has 0 radical (unpaired) electrons. The molecule has 1 saturated carbocycles. The summed E-state index contributed by atoms with van der Waals surface area (Å²) in [5, 5.41) is 83.3. The number of rotatable bonds is 14. The van der Waals surface area contributed by atoms with Gasteiger partial charge >= 0.3 is 0 Å². The van der Waals surface area contributed by atoms with Gasteiger partial charge in [-0.25, -0.2) is 0 Å². The zero-order chi connectivity index (χ0) is 70.7. The van der Waals surface area contributed by atoms with Crippen LogP contribution in [0.2, 0.25) is 20.1 Å². The number of amides is 3. The lowest BCUT2D eigenvalue weighted by Gasteiger charge is -2.57. The molecule has 0 spiro atoms. The van der Waals surface area contributed by atoms with Gasteiger partial charge in [-0.15, -0.1) is 0 Å². The van der Waals surface area contributed by atoms with Gasteiger partial charge in [0.05, 0.1) is 44.4 Å². The van der Waals surface area contributed by atoms with Gasteiger partial charge in [0.2, 0.25) is 19.2 Å². The highest BCUT2D eigenvalue weighted by atomic mass is 35.5. The van der Waals surface area contributed by atoms with Gasteiger partial charge in [0.1, 0.15) is 11.6 Å². The third-order valence-electron chi connectivity index (χ3n) is 20.4. The van der Waals surface area contributed by atoms with E-state index >= 15 is 0 Å². The molecule has 9 aliphatic rings. The number of piperidine rings is 1. The number of methoxy groups -OCH3 is 2. The number of benzene rings is 4. The molecule has 534 valence electrons. The molecule has 4 aliphatic heterocycles. The molecule has 2 fully saturated rings. The average Bonchev–Trinajstić information content (AvgIpc) is 0.703. The van der Waals surface area contributed by atoms with E-state index in [1.807, 2.05) is 11.8 Å². The number of nitrogens with zero attached hydrogens (tertiary/aromatic N) is 3. The van der Waals surface area contributed by atoms with Crippen molar-refractivity contribution >= 4 is 83.7 Å². The Hall–Kier alpha value is -8.12. The number of carbonyl (C=O) groups excluding carboxylic acids is 6. The second-order valence-electron chi connectivity index (χ2n) is 25.9. The minimum Gasteiger partial charge on any atom is -0.504 e. The molecule has 22 nitrogen and oxygen atoms in total. The van der Waals surface area contributed by atoms with Crippen LogP contribution in [0.3, 0.4) is 0 Å². The minimum absolute atomic E-state index is 0. The standard InChI is InChI=1S/C18H20ClNO4.2C17H18ClNO4.C17H20ClNO3.C4H8O2.H2O/c1-24-13-2-3-14-11(6-13)4-5-20(10-21)16(14)7-12-8-17(22)18(23)9-15(12)19;18-12-6-14(22)16(23)15-10(12)5-13-11-2-1-9(21)7-17(11,15)3-4-19(13)8-20;18-14-8-17(23)16(22)7-11(14)6-15-13-2-1-12(21)5-10(13)3-4-19(15)9-20;1-22-12-2-3-13-10(6-12)4-5-19-15(13)7-11-8-16(20)17(21)9-14(11)18;1-2-3-6-4-5;/h2,8-10,16,22-23H,3-7H2,1H3;6,8,11,13,22-23H,1-5,7H2;7-9,15,22-23H,1-6H2;2,8-9,15,19-21H,3-7H2,1H3;4H,2-3H2,1H3;1H2. The van der Waals surface area contributed by atoms with Gasteiger partial charge in [0.15, 0.2) is 46.0 Å². The number of carbonyl (C=O) groups is 6. The maximum atomic E-state index is 12.2. The number of Topliss-reactive ketones (excluding diaryl/α,β-unsaturated/α-hetero) is 2. The lowest BCUT2D eigenvalue weighted by Crippen LogP contribution is -2.61. The summed E-state index contributed by atoms with van der Waals surface area (Å²) in [6.45, 7) is 5.69. The van der Waals surface area contributed by atoms with Gasteiger partial charge in [0, 0.05) is 126 Å². The Kier molecular flexibility index (Phi) is 26.5. The number of phenolic OH excluding ortho intramolecular Hbond substituents is 8. The largest absolute Gasteiger partial charge is 0.504 e. The molecule has 6 unspecified atom stereocenters. The fourth-order valence-electron chi connectivity index (χ4n) is 15.5. The van der Waals surface area contributed by atoms with Crippen LogP contribution in [0, 0.1) is 5.92 Å². The van der Waals surface area contributed by atoms with Crippen molar-refractivity contribution in [3.63, 3.8) is 0 Å². The number of hydrogen-bond acceptors (Lipinski definition) is 18. The quantitative estimate of drug-likeness (QED) is 0.0245. The summed E-state index contributed by atoms with van der Waals surface area (Å²) < 4.78 is 15.0. The number of phenols is 8. The molecule has 3 amide bonds. The van der Waals surface area contributed by atoms with Crippen molar-refractivity contribution in [1.82, 2.24) is 20.0 Å². The van der Waals surface area contributed by atoms with Crippen molar-refractivity contribution in [3.8, 4) is 46.0 Å². The number of fused-ring (bicyclic) bond motifs is 1. The summed E-state index contributed by atoms with van der Waals surface area (Å²) in [6.07, 6.45) is 19.7. The summed E-state index contributed by atoms with van der Waals surface area (Å²) in [7, 11) is 3.39. The van der Waals surface area contributed by atoms with E-state index < -0.39 is 5.41 Å². The Morgan fingerprint density at radius 3 is 1.58 bits per heavy atom. The average molecular weight is 1450 g/mol. The Labute approximate surface area is 594 Å². The van der Waals surface area contributed by atoms with Crippen molar-refractivity contribution in [2.75, 3.05) is 47.0 Å². The summed E-state index contributed by atoms with van der Waals surface area (Å²) in [4.78, 5) is 72.9. The normalized spacial score (nSPS) is 22.6. The maximum absolute atomic E-state index is 12.2. The first-order chi connectivity index (χ1) is 47.0. The van der Waals surface area contributed by atoms with E-state index in [0.717, 1.165) is 111 Å². The lowest BCUT2D eigenvalue weighted by molar-refractivity contribution is -0.133. The summed E-state index contributed by atoms with van der Waals surface area (Å²) >= 11 is 24.9. The molecule has 13 rings (SSSR count). The molecular weight excluding hydrogens is 1360 g/mol. The van der Waals surface area contributed by atoms with Crippen molar-refractivity contribution < 1.29 is 89.3 Å².